The van der Waals surface area contributed by atoms with E-state index in [1.165, 1.54) is 0 Å². The number of rotatable bonds is 22. The summed E-state index contributed by atoms with van der Waals surface area (Å²) in [5.41, 5.74) is 6.81. The summed E-state index contributed by atoms with van der Waals surface area (Å²) in [7, 11) is -2.30. The van der Waals surface area contributed by atoms with Crippen molar-refractivity contribution in [1.82, 2.24) is 58.4 Å². The molecule has 2 amide bonds. The van der Waals surface area contributed by atoms with Crippen molar-refractivity contribution in [3.8, 4) is 34.7 Å². The molecule has 8 heterocycles. The number of likely N-dealkylation sites (tertiary alicyclic amines) is 2. The first kappa shape index (κ1) is 58.6. The molecule has 0 radical (unpaired) electrons. The van der Waals surface area contributed by atoms with Gasteiger partial charge in [-0.3, -0.25) is 9.36 Å². The zero-order chi connectivity index (χ0) is 57.6. The standard InChI is InChI=1S/2C30H37N7O3Si/c2*1-41(2,3)16-15-39-22-36-14-11-26-28(32-21-33-29(26)36)25-17-34-37(19-25)27(9-12-31)24-10-13-35(18-24)30(38)40-20-23-7-5-4-6-8-23/h2*4-8,11,14,17,19,21,24,27H,9-10,13,15-16,18,20,22H2,1-3H3. The van der Waals surface area contributed by atoms with Crippen molar-refractivity contribution in [2.24, 2.45) is 11.8 Å². The van der Waals surface area contributed by atoms with Crippen LogP contribution in [0.25, 0.3) is 44.6 Å². The van der Waals surface area contributed by atoms with Crippen LogP contribution in [0.15, 0.2) is 123 Å². The molecular formula is C60H74N14O6Si2. The van der Waals surface area contributed by atoms with Gasteiger partial charge in [0.15, 0.2) is 0 Å². The van der Waals surface area contributed by atoms with Crippen molar-refractivity contribution in [2.45, 2.75) is 116 Å². The third-order valence-electron chi connectivity index (χ3n) is 15.1. The number of fused-ring (bicyclic) bond motifs is 2. The van der Waals surface area contributed by atoms with Crippen molar-refractivity contribution in [3.63, 3.8) is 0 Å². The van der Waals surface area contributed by atoms with E-state index in [2.05, 4.69) is 81.6 Å². The Hall–Kier alpha value is -8.03. The Morgan fingerprint density at radius 1 is 0.598 bits per heavy atom. The molecule has 20 nitrogen and oxygen atoms in total. The Balaban J connectivity index is 0.000000198. The molecule has 2 aromatic carbocycles. The van der Waals surface area contributed by atoms with Crippen LogP contribution in [0.4, 0.5) is 9.59 Å². The highest BCUT2D eigenvalue weighted by Crippen LogP contribution is 2.35. The predicted octanol–water partition coefficient (Wildman–Crippen LogP) is 11.4. The molecule has 2 saturated heterocycles. The third-order valence-corrected chi connectivity index (χ3v) is 18.5. The Morgan fingerprint density at radius 3 is 1.40 bits per heavy atom. The largest absolute Gasteiger partial charge is 0.445 e. The number of nitrogens with zero attached hydrogens (tertiary/aromatic N) is 14. The smallest absolute Gasteiger partial charge is 0.410 e. The molecular weight excluding hydrogens is 1070 g/mol. The second kappa shape index (κ2) is 27.2. The third kappa shape index (κ3) is 15.3. The van der Waals surface area contributed by atoms with Crippen LogP contribution in [0.2, 0.25) is 51.4 Å². The molecule has 428 valence electrons. The number of benzene rings is 2. The van der Waals surface area contributed by atoms with Gasteiger partial charge < -0.3 is 37.9 Å². The molecule has 4 unspecified atom stereocenters. The molecule has 82 heavy (non-hydrogen) atoms. The molecule has 10 rings (SSSR count). The van der Waals surface area contributed by atoms with E-state index in [0.29, 0.717) is 52.5 Å². The highest BCUT2D eigenvalue weighted by molar-refractivity contribution is 6.76. The van der Waals surface area contributed by atoms with E-state index in [1.807, 2.05) is 116 Å². The van der Waals surface area contributed by atoms with Crippen molar-refractivity contribution < 1.29 is 28.5 Å². The number of hydrogen-bond acceptors (Lipinski definition) is 14. The van der Waals surface area contributed by atoms with Crippen LogP contribution in [0.3, 0.4) is 0 Å². The maximum atomic E-state index is 12.7. The van der Waals surface area contributed by atoms with Crippen LogP contribution in [0.1, 0.15) is 48.9 Å². The summed E-state index contributed by atoms with van der Waals surface area (Å²) in [5.74, 6) is 0.179. The van der Waals surface area contributed by atoms with Crippen LogP contribution in [0, 0.1) is 34.5 Å². The topological polar surface area (TPSA) is 222 Å². The normalized spacial score (nSPS) is 16.1. The minimum atomic E-state index is -1.15. The second-order valence-electron chi connectivity index (χ2n) is 23.5. The molecule has 2 aliphatic heterocycles. The first-order valence-electron chi connectivity index (χ1n) is 28.1. The highest BCUT2D eigenvalue weighted by atomic mass is 28.3. The van der Waals surface area contributed by atoms with E-state index in [9.17, 15) is 20.1 Å². The fourth-order valence-electron chi connectivity index (χ4n) is 10.3. The number of ether oxygens (including phenoxy) is 4. The van der Waals surface area contributed by atoms with Gasteiger partial charge in [-0.25, -0.2) is 29.5 Å². The van der Waals surface area contributed by atoms with Crippen molar-refractivity contribution in [1.29, 1.82) is 10.5 Å². The monoisotopic (exact) mass is 1140 g/mol. The summed E-state index contributed by atoms with van der Waals surface area (Å²) >= 11 is 0. The average molecular weight is 1140 g/mol. The molecule has 22 heteroatoms. The Bertz CT molecular complexity index is 3240. The van der Waals surface area contributed by atoms with Crippen LogP contribution in [-0.4, -0.2) is 126 Å². The molecule has 2 fully saturated rings. The highest BCUT2D eigenvalue weighted by Gasteiger charge is 2.36. The summed E-state index contributed by atoms with van der Waals surface area (Å²) < 4.78 is 30.7. The molecule has 2 aliphatic rings. The van der Waals surface area contributed by atoms with E-state index in [1.54, 1.807) is 34.8 Å². The van der Waals surface area contributed by atoms with Gasteiger partial charge in [-0.05, 0) is 48.2 Å². The van der Waals surface area contributed by atoms with Gasteiger partial charge >= 0.3 is 12.2 Å². The molecule has 0 N–H and O–H groups in total. The quantitative estimate of drug-likeness (QED) is 0.0455. The van der Waals surface area contributed by atoms with E-state index < -0.39 is 16.1 Å². The first-order valence-corrected chi connectivity index (χ1v) is 35.6. The summed E-state index contributed by atoms with van der Waals surface area (Å²) in [6.07, 6.45) is 16.0. The average Bonchev–Trinajstić information content (AvgIpc) is 4.40. The summed E-state index contributed by atoms with van der Waals surface area (Å²) in [6, 6.07) is 29.8. The van der Waals surface area contributed by atoms with Crippen molar-refractivity contribution in [2.75, 3.05) is 39.4 Å². The van der Waals surface area contributed by atoms with Crippen molar-refractivity contribution >= 4 is 50.4 Å². The maximum Gasteiger partial charge on any atom is 0.410 e. The molecule has 0 aliphatic carbocycles. The molecule has 0 spiro atoms. The summed E-state index contributed by atoms with van der Waals surface area (Å²) in [6.45, 7) is 19.1. The molecule has 0 saturated carbocycles. The van der Waals surface area contributed by atoms with Gasteiger partial charge in [0.2, 0.25) is 0 Å². The second-order valence-corrected chi connectivity index (χ2v) is 34.8. The van der Waals surface area contributed by atoms with Crippen LogP contribution >= 0.6 is 0 Å². The predicted molar refractivity (Wildman–Crippen MR) is 317 cm³/mol. The van der Waals surface area contributed by atoms with E-state index in [0.717, 1.165) is 93.9 Å². The zero-order valence-electron chi connectivity index (χ0n) is 47.9. The minimum absolute atomic E-state index is 0.0893. The Morgan fingerprint density at radius 2 is 1.01 bits per heavy atom. The van der Waals surface area contributed by atoms with E-state index in [-0.39, 0.29) is 49.3 Å². The molecule has 0 bridgehead atoms. The van der Waals surface area contributed by atoms with Gasteiger partial charge in [0.1, 0.15) is 50.6 Å². The zero-order valence-corrected chi connectivity index (χ0v) is 49.9. The van der Waals surface area contributed by atoms with Gasteiger partial charge in [0.25, 0.3) is 0 Å². The lowest BCUT2D eigenvalue weighted by Gasteiger charge is -2.22. The number of hydrogen-bond donors (Lipinski definition) is 0. The van der Waals surface area contributed by atoms with Gasteiger partial charge in [-0.15, -0.1) is 0 Å². The molecule has 4 atom stereocenters. The number of nitriles is 2. The van der Waals surface area contributed by atoms with Gasteiger partial charge in [0, 0.05) is 114 Å². The van der Waals surface area contributed by atoms with Gasteiger partial charge in [-0.2, -0.15) is 20.7 Å². The maximum absolute atomic E-state index is 12.7. The van der Waals surface area contributed by atoms with Gasteiger partial charge in [0.05, 0.1) is 60.8 Å². The van der Waals surface area contributed by atoms with Crippen LogP contribution in [-0.2, 0) is 45.6 Å². The molecule has 8 aromatic rings. The minimum Gasteiger partial charge on any atom is -0.445 e. The summed E-state index contributed by atoms with van der Waals surface area (Å²) in [5, 5.41) is 30.4. The lowest BCUT2D eigenvalue weighted by atomic mass is 9.96. The number of amides is 2. The fourth-order valence-corrected chi connectivity index (χ4v) is 11.9. The number of carbonyl (C=O) groups is 2. The first-order chi connectivity index (χ1) is 39.6. The SMILES string of the molecule is C[Si](C)(C)CCOCn1ccc2c(-c3cnn(C(CC#N)C4CCN(C(=O)OCc5ccccc5)C4)c3)ncnc21.C[Si](C)(C)CCOCn1ccc2c(-c3cnn(C(CC#N)C4CCN(C(=O)OCc5ccccc5)C4)c3)ncnc21. The lowest BCUT2D eigenvalue weighted by molar-refractivity contribution is 0.0898. The Kier molecular flexibility index (Phi) is 19.4. The number of aromatic nitrogens is 10. The van der Waals surface area contributed by atoms with Crippen molar-refractivity contribution in [3.05, 3.63) is 134 Å². The summed E-state index contributed by atoms with van der Waals surface area (Å²) in [4.78, 5) is 47.0. The van der Waals surface area contributed by atoms with Crippen LogP contribution in [0.5, 0.6) is 0 Å². The molecule has 6 aromatic heterocycles. The number of carbonyl (C=O) groups excluding carboxylic acids is 2. The lowest BCUT2D eigenvalue weighted by Crippen LogP contribution is -2.31. The van der Waals surface area contributed by atoms with Crippen LogP contribution < -0.4 is 0 Å². The van der Waals surface area contributed by atoms with E-state index >= 15 is 0 Å². The van der Waals surface area contributed by atoms with Gasteiger partial charge in [-0.1, -0.05) is 99.9 Å². The Labute approximate surface area is 481 Å². The fraction of sp³-hybridized carbons (Fsp3) is 0.433. The van der Waals surface area contributed by atoms with E-state index in [4.69, 9.17) is 18.9 Å².